The van der Waals surface area contributed by atoms with Crippen molar-refractivity contribution in [2.24, 2.45) is 5.41 Å². The van der Waals surface area contributed by atoms with Crippen molar-refractivity contribution in [3.63, 3.8) is 0 Å². The van der Waals surface area contributed by atoms with Gasteiger partial charge in [-0.25, -0.2) is 4.79 Å². The van der Waals surface area contributed by atoms with Crippen LogP contribution < -0.4 is 9.64 Å². The fourth-order valence-corrected chi connectivity index (χ4v) is 6.86. The third-order valence-electron chi connectivity index (χ3n) is 8.69. The molecule has 0 saturated carbocycles. The van der Waals surface area contributed by atoms with E-state index in [2.05, 4.69) is 0 Å². The van der Waals surface area contributed by atoms with Gasteiger partial charge in [-0.2, -0.15) is 0 Å². The Balaban J connectivity index is 1.59. The molecule has 1 aliphatic carbocycles. The van der Waals surface area contributed by atoms with Crippen LogP contribution in [0.3, 0.4) is 0 Å². The molecule has 1 spiro atoms. The monoisotopic (exact) mass is 583 g/mol. The van der Waals surface area contributed by atoms with Crippen LogP contribution in [0.2, 0.25) is 0 Å². The van der Waals surface area contributed by atoms with Gasteiger partial charge >= 0.3 is 5.97 Å². The van der Waals surface area contributed by atoms with Crippen molar-refractivity contribution in [3.8, 4) is 5.75 Å². The third kappa shape index (κ3) is 3.96. The predicted molar refractivity (Wildman–Crippen MR) is 166 cm³/mol. The summed E-state index contributed by atoms with van der Waals surface area (Å²) < 4.78 is 11.3. The molecule has 1 atom stereocenters. The molecule has 1 fully saturated rings. The molecule has 7 nitrogen and oxygen atoms in total. The molecule has 4 aromatic carbocycles. The van der Waals surface area contributed by atoms with Crippen LogP contribution in [0.4, 0.5) is 5.69 Å². The highest BCUT2D eigenvalue weighted by Crippen LogP contribution is 2.56. The second-order valence-electron chi connectivity index (χ2n) is 12.1. The highest BCUT2D eigenvalue weighted by molar-refractivity contribution is 6.49. The Hall–Kier alpha value is -5.30. The first-order valence-electron chi connectivity index (χ1n) is 14.5. The minimum atomic E-state index is -2.24. The zero-order valence-corrected chi connectivity index (χ0v) is 24.5. The smallest absolute Gasteiger partial charge is 0.381 e. The van der Waals surface area contributed by atoms with E-state index in [4.69, 9.17) is 9.47 Å². The third-order valence-corrected chi connectivity index (χ3v) is 8.69. The Labute approximate surface area is 254 Å². The summed E-state index contributed by atoms with van der Waals surface area (Å²) in [6.07, 6.45) is 0.499. The number of hydrogen-bond acceptors (Lipinski definition) is 6. The van der Waals surface area contributed by atoms with Crippen molar-refractivity contribution in [3.05, 3.63) is 125 Å². The average Bonchev–Trinajstić information content (AvgIpc) is 3.41. The van der Waals surface area contributed by atoms with Gasteiger partial charge in [0.05, 0.1) is 23.9 Å². The lowest BCUT2D eigenvalue weighted by Gasteiger charge is -2.33. The van der Waals surface area contributed by atoms with Crippen molar-refractivity contribution in [1.29, 1.82) is 0 Å². The molecule has 44 heavy (non-hydrogen) atoms. The van der Waals surface area contributed by atoms with E-state index >= 15 is 4.79 Å². The molecule has 4 aromatic rings. The Morgan fingerprint density at radius 2 is 1.43 bits per heavy atom. The fourth-order valence-electron chi connectivity index (χ4n) is 6.86. The molecule has 1 unspecified atom stereocenters. The van der Waals surface area contributed by atoms with E-state index in [1.54, 1.807) is 43.5 Å². The number of ketones is 2. The van der Waals surface area contributed by atoms with Crippen molar-refractivity contribution in [2.45, 2.75) is 32.3 Å². The number of carbonyl (C=O) groups excluding carboxylic acids is 4. The van der Waals surface area contributed by atoms with Gasteiger partial charge in [-0.15, -0.1) is 0 Å². The van der Waals surface area contributed by atoms with Crippen LogP contribution >= 0.6 is 0 Å². The van der Waals surface area contributed by atoms with Crippen LogP contribution in [0.1, 0.15) is 37.8 Å². The lowest BCUT2D eigenvalue weighted by atomic mass is 9.70. The summed E-state index contributed by atoms with van der Waals surface area (Å²) in [5.74, 6) is -2.49. The molecule has 0 aromatic heterocycles. The van der Waals surface area contributed by atoms with Crippen LogP contribution in [0.5, 0.6) is 5.75 Å². The van der Waals surface area contributed by atoms with Crippen molar-refractivity contribution >= 4 is 45.5 Å². The van der Waals surface area contributed by atoms with Gasteiger partial charge in [0, 0.05) is 23.1 Å². The Kier molecular flexibility index (Phi) is 6.18. The van der Waals surface area contributed by atoms with Gasteiger partial charge in [0.2, 0.25) is 0 Å². The van der Waals surface area contributed by atoms with Crippen LogP contribution in [0, 0.1) is 5.41 Å². The number of benzene rings is 4. The molecule has 0 N–H and O–H groups in total. The van der Waals surface area contributed by atoms with Crippen molar-refractivity contribution in [1.82, 2.24) is 0 Å². The van der Waals surface area contributed by atoms with Crippen LogP contribution in [-0.2, 0) is 23.9 Å². The van der Waals surface area contributed by atoms with Crippen LogP contribution in [-0.4, -0.2) is 36.2 Å². The highest BCUT2D eigenvalue weighted by Gasteiger charge is 2.69. The first-order chi connectivity index (χ1) is 21.2. The number of hydrogen-bond donors (Lipinski definition) is 0. The summed E-state index contributed by atoms with van der Waals surface area (Å²) in [5.41, 5.74) is -0.266. The Bertz CT molecular complexity index is 1960. The highest BCUT2D eigenvalue weighted by atomic mass is 16.6. The number of methoxy groups -OCH3 is 1. The molecule has 7 heteroatoms. The summed E-state index contributed by atoms with van der Waals surface area (Å²) in [6.45, 7) is 3.95. The van der Waals surface area contributed by atoms with Crippen molar-refractivity contribution in [2.75, 3.05) is 12.0 Å². The maximum atomic E-state index is 15.1. The number of nitrogens with zero attached hydrogens (tertiary/aromatic N) is 1. The first kappa shape index (κ1) is 27.5. The molecule has 1 amide bonds. The zero-order chi connectivity index (χ0) is 30.8. The quantitative estimate of drug-likeness (QED) is 0.161. The summed E-state index contributed by atoms with van der Waals surface area (Å²) in [7, 11) is 1.55. The lowest BCUT2D eigenvalue weighted by Crippen LogP contribution is -2.46. The van der Waals surface area contributed by atoms with Crippen LogP contribution in [0.25, 0.3) is 16.3 Å². The van der Waals surface area contributed by atoms with E-state index in [1.165, 1.54) is 4.90 Å². The van der Waals surface area contributed by atoms with Crippen molar-refractivity contribution < 1.29 is 28.7 Å². The SMILES string of the molecule is COc1ccc(/C(=C2\C(=O)C(=O)OC23C(=O)N(c2cccc4ccccc24)C2=C3C(=O)CC(C)(C)C2)c2ccccc2)cc1. The molecule has 2 heterocycles. The zero-order valence-electron chi connectivity index (χ0n) is 24.5. The van der Waals surface area contributed by atoms with E-state index in [1.807, 2.05) is 74.5 Å². The van der Waals surface area contributed by atoms with Gasteiger partial charge in [0.1, 0.15) is 5.75 Å². The molecular weight excluding hydrogens is 554 g/mol. The standard InChI is InChI=1S/C37H29NO6/c1-36(2)20-28-31(29(39)21-36)37(35(42)38(28)27-15-9-13-22-10-7-8-14-26(22)27)32(33(40)34(41)44-37)30(23-11-5-4-6-12-23)24-16-18-25(43-3)19-17-24/h4-19H,20-21H2,1-3H3/b32-30+. The number of ether oxygens (including phenoxy) is 2. The number of anilines is 1. The summed E-state index contributed by atoms with van der Waals surface area (Å²) >= 11 is 0. The maximum Gasteiger partial charge on any atom is 0.381 e. The molecule has 0 bridgehead atoms. The lowest BCUT2D eigenvalue weighted by molar-refractivity contribution is -0.155. The summed E-state index contributed by atoms with van der Waals surface area (Å²) in [5, 5.41) is 1.70. The first-order valence-corrected chi connectivity index (χ1v) is 14.5. The van der Waals surface area contributed by atoms with Gasteiger partial charge in [0.15, 0.2) is 5.78 Å². The summed E-state index contributed by atoms with van der Waals surface area (Å²) in [6, 6.07) is 29.4. The predicted octanol–water partition coefficient (Wildman–Crippen LogP) is 6.21. The van der Waals surface area contributed by atoms with Gasteiger partial charge < -0.3 is 9.47 Å². The minimum Gasteiger partial charge on any atom is -0.497 e. The number of carbonyl (C=O) groups is 4. The van der Waals surface area contributed by atoms with Gasteiger partial charge in [-0.1, -0.05) is 92.7 Å². The minimum absolute atomic E-state index is 0.0610. The molecule has 7 rings (SSSR count). The summed E-state index contributed by atoms with van der Waals surface area (Å²) in [4.78, 5) is 58.2. The average molecular weight is 584 g/mol. The number of fused-ring (bicyclic) bond motifs is 2. The van der Waals surface area contributed by atoms with Crippen LogP contribution in [0.15, 0.2) is 114 Å². The molecular formula is C37H29NO6. The molecule has 218 valence electrons. The van der Waals surface area contributed by atoms with E-state index in [0.29, 0.717) is 40.3 Å². The molecule has 1 saturated heterocycles. The van der Waals surface area contributed by atoms with Gasteiger partial charge in [-0.3, -0.25) is 19.3 Å². The number of allylic oxidation sites excluding steroid dienone is 1. The Morgan fingerprint density at radius 1 is 0.773 bits per heavy atom. The molecule has 3 aliphatic rings. The number of rotatable bonds is 4. The number of amides is 1. The maximum absolute atomic E-state index is 15.1. The van der Waals surface area contributed by atoms with E-state index in [0.717, 1.165) is 10.8 Å². The van der Waals surface area contributed by atoms with E-state index in [-0.39, 0.29) is 23.4 Å². The van der Waals surface area contributed by atoms with Gasteiger partial charge in [0.25, 0.3) is 17.3 Å². The Morgan fingerprint density at radius 3 is 2.16 bits per heavy atom. The second kappa shape index (κ2) is 9.88. The largest absolute Gasteiger partial charge is 0.497 e. The topological polar surface area (TPSA) is 90.0 Å². The molecule has 0 radical (unpaired) electrons. The fraction of sp³-hybridized carbons (Fsp3) is 0.189. The normalized spacial score (nSPS) is 22.1. The van der Waals surface area contributed by atoms with Gasteiger partial charge in [-0.05, 0) is 46.5 Å². The number of Topliss-reactive ketones (excluding diaryl/α,β-unsaturated/α-hetero) is 2. The second-order valence-corrected chi connectivity index (χ2v) is 12.1. The van der Waals surface area contributed by atoms with E-state index < -0.39 is 28.7 Å². The van der Waals surface area contributed by atoms with E-state index in [9.17, 15) is 14.4 Å². The molecule has 2 aliphatic heterocycles. The number of esters is 1.